The van der Waals surface area contributed by atoms with Crippen LogP contribution in [0.1, 0.15) is 19.4 Å². The van der Waals surface area contributed by atoms with E-state index < -0.39 is 17.8 Å². The summed E-state index contributed by atoms with van der Waals surface area (Å²) < 4.78 is 13.5. The molecule has 2 N–H and O–H groups in total. The Labute approximate surface area is 98.7 Å². The molecule has 0 spiro atoms. The van der Waals surface area contributed by atoms with Gasteiger partial charge in [0.25, 0.3) is 0 Å². The quantitative estimate of drug-likeness (QED) is 0.840. The third kappa shape index (κ3) is 3.18. The van der Waals surface area contributed by atoms with Crippen molar-refractivity contribution >= 4 is 11.7 Å². The Hall–Kier alpha value is -2.09. The van der Waals surface area contributed by atoms with Crippen LogP contribution in [0.2, 0.25) is 0 Å². The van der Waals surface area contributed by atoms with Crippen LogP contribution in [0, 0.1) is 23.1 Å². The first-order valence-corrected chi connectivity index (χ1v) is 5.14. The molecule has 5 heteroatoms. The van der Waals surface area contributed by atoms with Crippen LogP contribution in [0.5, 0.6) is 0 Å². The summed E-state index contributed by atoms with van der Waals surface area (Å²) >= 11 is 0. The van der Waals surface area contributed by atoms with Crippen molar-refractivity contribution in [1.29, 1.82) is 5.26 Å². The van der Waals surface area contributed by atoms with E-state index in [1.165, 1.54) is 12.1 Å². The van der Waals surface area contributed by atoms with E-state index >= 15 is 0 Å². The van der Waals surface area contributed by atoms with Crippen LogP contribution in [-0.4, -0.2) is 17.1 Å². The average Bonchev–Trinajstić information content (AvgIpc) is 2.26. The molecular weight excluding hydrogens is 223 g/mol. The van der Waals surface area contributed by atoms with Crippen molar-refractivity contribution in [2.75, 3.05) is 5.32 Å². The summed E-state index contributed by atoms with van der Waals surface area (Å²) in [7, 11) is 0. The molecule has 0 bridgehead atoms. The minimum Gasteiger partial charge on any atom is -0.480 e. The van der Waals surface area contributed by atoms with E-state index in [0.29, 0.717) is 0 Å². The van der Waals surface area contributed by atoms with Crippen LogP contribution in [-0.2, 0) is 4.79 Å². The maximum absolute atomic E-state index is 13.5. The van der Waals surface area contributed by atoms with Crippen LogP contribution >= 0.6 is 0 Å². The maximum Gasteiger partial charge on any atom is 0.326 e. The Bertz CT molecular complexity index is 466. The number of nitrogens with zero attached hydrogens (tertiary/aromatic N) is 1. The number of anilines is 1. The lowest BCUT2D eigenvalue weighted by atomic mass is 10.0. The number of aliphatic carboxylic acids is 1. The van der Waals surface area contributed by atoms with E-state index in [1.807, 2.05) is 6.07 Å². The highest BCUT2D eigenvalue weighted by Crippen LogP contribution is 2.18. The van der Waals surface area contributed by atoms with Gasteiger partial charge >= 0.3 is 5.97 Å². The van der Waals surface area contributed by atoms with Crippen molar-refractivity contribution in [3.05, 3.63) is 29.6 Å². The lowest BCUT2D eigenvalue weighted by Gasteiger charge is -2.19. The van der Waals surface area contributed by atoms with Crippen molar-refractivity contribution in [3.63, 3.8) is 0 Å². The Morgan fingerprint density at radius 1 is 1.53 bits per heavy atom. The van der Waals surface area contributed by atoms with Crippen LogP contribution < -0.4 is 5.32 Å². The highest BCUT2D eigenvalue weighted by Gasteiger charge is 2.22. The Kier molecular flexibility index (Phi) is 4.05. The van der Waals surface area contributed by atoms with Crippen LogP contribution in [0.15, 0.2) is 18.2 Å². The summed E-state index contributed by atoms with van der Waals surface area (Å²) in [6.45, 7) is 3.46. The van der Waals surface area contributed by atoms with Gasteiger partial charge in [-0.15, -0.1) is 0 Å². The molecule has 1 atom stereocenters. The number of rotatable bonds is 4. The number of carboxylic acid groups (broad SMARTS) is 1. The summed E-state index contributed by atoms with van der Waals surface area (Å²) in [5, 5.41) is 20.2. The van der Waals surface area contributed by atoms with E-state index in [-0.39, 0.29) is 17.2 Å². The minimum atomic E-state index is -1.04. The summed E-state index contributed by atoms with van der Waals surface area (Å²) in [5.41, 5.74) is 0.287. The predicted octanol–water partition coefficient (Wildman–Crippen LogP) is 2.22. The molecule has 0 aromatic heterocycles. The molecule has 0 aliphatic rings. The number of hydrogen-bond acceptors (Lipinski definition) is 3. The third-order valence-electron chi connectivity index (χ3n) is 2.34. The number of carboxylic acids is 1. The fourth-order valence-electron chi connectivity index (χ4n) is 1.38. The monoisotopic (exact) mass is 236 g/mol. The van der Waals surface area contributed by atoms with E-state index in [9.17, 15) is 9.18 Å². The van der Waals surface area contributed by atoms with Gasteiger partial charge in [-0.2, -0.15) is 5.26 Å². The molecule has 4 nitrogen and oxygen atoms in total. The third-order valence-corrected chi connectivity index (χ3v) is 2.34. The molecule has 0 fully saturated rings. The first-order valence-electron chi connectivity index (χ1n) is 5.14. The zero-order chi connectivity index (χ0) is 13.0. The standard InChI is InChI=1S/C12H13FN2O2/c1-7(2)11(12(16)17)15-10-4-3-8(6-14)5-9(10)13/h3-5,7,11,15H,1-2H3,(H,16,17)/t11-/m0/s1. The van der Waals surface area contributed by atoms with Crippen molar-refractivity contribution < 1.29 is 14.3 Å². The lowest BCUT2D eigenvalue weighted by Crippen LogP contribution is -2.34. The van der Waals surface area contributed by atoms with E-state index in [0.717, 1.165) is 6.07 Å². The highest BCUT2D eigenvalue weighted by atomic mass is 19.1. The number of carbonyl (C=O) groups is 1. The molecule has 0 saturated heterocycles. The number of hydrogen-bond donors (Lipinski definition) is 2. The fourth-order valence-corrected chi connectivity index (χ4v) is 1.38. The SMILES string of the molecule is CC(C)[C@H](Nc1ccc(C#N)cc1F)C(=O)O. The summed E-state index contributed by atoms with van der Waals surface area (Å²) in [6, 6.07) is 4.82. The first-order chi connectivity index (χ1) is 7.95. The van der Waals surface area contributed by atoms with Gasteiger partial charge in [-0.1, -0.05) is 13.8 Å². The smallest absolute Gasteiger partial charge is 0.326 e. The minimum absolute atomic E-state index is 0.0881. The molecule has 1 rings (SSSR count). The van der Waals surface area contributed by atoms with Gasteiger partial charge in [-0.25, -0.2) is 9.18 Å². The van der Waals surface area contributed by atoms with Gasteiger partial charge in [0.2, 0.25) is 0 Å². The molecule has 0 saturated carbocycles. The topological polar surface area (TPSA) is 73.1 Å². The van der Waals surface area contributed by atoms with Gasteiger partial charge < -0.3 is 10.4 Å². The first kappa shape index (κ1) is 13.0. The number of nitriles is 1. The molecule has 0 radical (unpaired) electrons. The molecule has 1 aromatic rings. The largest absolute Gasteiger partial charge is 0.480 e. The molecule has 0 unspecified atom stereocenters. The number of benzene rings is 1. The van der Waals surface area contributed by atoms with Crippen LogP contribution in [0.4, 0.5) is 10.1 Å². The molecule has 1 aromatic carbocycles. The van der Waals surface area contributed by atoms with E-state index in [2.05, 4.69) is 5.32 Å². The van der Waals surface area contributed by atoms with Gasteiger partial charge in [0.05, 0.1) is 17.3 Å². The Morgan fingerprint density at radius 3 is 2.59 bits per heavy atom. The maximum atomic E-state index is 13.5. The number of nitrogens with one attached hydrogen (secondary N) is 1. The normalized spacial score (nSPS) is 11.9. The van der Waals surface area contributed by atoms with Crippen LogP contribution in [0.3, 0.4) is 0 Å². The lowest BCUT2D eigenvalue weighted by molar-refractivity contribution is -0.138. The highest BCUT2D eigenvalue weighted by molar-refractivity contribution is 5.77. The molecule has 0 aliphatic heterocycles. The average molecular weight is 236 g/mol. The molecule has 0 amide bonds. The van der Waals surface area contributed by atoms with Gasteiger partial charge in [-0.3, -0.25) is 0 Å². The molecule has 0 heterocycles. The van der Waals surface area contributed by atoms with Gasteiger partial charge in [-0.05, 0) is 24.1 Å². The second kappa shape index (κ2) is 5.30. The van der Waals surface area contributed by atoms with E-state index in [4.69, 9.17) is 10.4 Å². The Balaban J connectivity index is 2.95. The fraction of sp³-hybridized carbons (Fsp3) is 0.333. The summed E-state index contributed by atoms with van der Waals surface area (Å²) in [4.78, 5) is 10.9. The van der Waals surface area contributed by atoms with Crippen molar-refractivity contribution in [3.8, 4) is 6.07 Å². The molecule has 0 aliphatic carbocycles. The second-order valence-corrected chi connectivity index (χ2v) is 4.01. The van der Waals surface area contributed by atoms with Crippen molar-refractivity contribution in [1.82, 2.24) is 0 Å². The summed E-state index contributed by atoms with van der Waals surface area (Å²) in [6.07, 6.45) is 0. The van der Waals surface area contributed by atoms with E-state index in [1.54, 1.807) is 13.8 Å². The van der Waals surface area contributed by atoms with Crippen molar-refractivity contribution in [2.24, 2.45) is 5.92 Å². The summed E-state index contributed by atoms with van der Waals surface area (Å²) in [5.74, 6) is -1.85. The Morgan fingerprint density at radius 2 is 2.18 bits per heavy atom. The van der Waals surface area contributed by atoms with Gasteiger partial charge in [0.1, 0.15) is 11.9 Å². The molecular formula is C12H13FN2O2. The van der Waals surface area contributed by atoms with Crippen molar-refractivity contribution in [2.45, 2.75) is 19.9 Å². The zero-order valence-corrected chi connectivity index (χ0v) is 9.57. The predicted molar refractivity (Wildman–Crippen MR) is 61.0 cm³/mol. The van der Waals surface area contributed by atoms with Gasteiger partial charge in [0.15, 0.2) is 0 Å². The molecule has 17 heavy (non-hydrogen) atoms. The number of halogens is 1. The molecule has 90 valence electrons. The zero-order valence-electron chi connectivity index (χ0n) is 9.57. The van der Waals surface area contributed by atoms with Gasteiger partial charge in [0, 0.05) is 0 Å². The van der Waals surface area contributed by atoms with Crippen LogP contribution in [0.25, 0.3) is 0 Å². The second-order valence-electron chi connectivity index (χ2n) is 4.01.